The van der Waals surface area contributed by atoms with Gasteiger partial charge in [0.25, 0.3) is 0 Å². The van der Waals surface area contributed by atoms with Gasteiger partial charge < -0.3 is 15.5 Å². The van der Waals surface area contributed by atoms with E-state index in [0.29, 0.717) is 12.5 Å². The predicted molar refractivity (Wildman–Crippen MR) is 115 cm³/mol. The number of halogens is 1. The number of sulfonamides is 1. The highest BCUT2D eigenvalue weighted by molar-refractivity contribution is 14.0. The van der Waals surface area contributed by atoms with Crippen LogP contribution in [0.3, 0.4) is 0 Å². The Morgan fingerprint density at radius 1 is 1.33 bits per heavy atom. The maximum Gasteiger partial charge on any atom is 0.242 e. The van der Waals surface area contributed by atoms with Crippen LogP contribution in [0.25, 0.3) is 0 Å². The Morgan fingerprint density at radius 2 is 2.04 bits per heavy atom. The van der Waals surface area contributed by atoms with Gasteiger partial charge in [0.2, 0.25) is 15.9 Å². The molecule has 1 fully saturated rings. The number of pyridine rings is 1. The van der Waals surface area contributed by atoms with E-state index in [2.05, 4.69) is 25.3 Å². The zero-order chi connectivity index (χ0) is 19.0. The molecule has 0 aliphatic carbocycles. The number of aromatic nitrogens is 1. The number of carbonyl (C=O) groups excluding carboxylic acids is 1. The molecule has 1 aromatic rings. The van der Waals surface area contributed by atoms with Crippen molar-refractivity contribution in [3.8, 4) is 0 Å². The third-order valence-electron chi connectivity index (χ3n) is 4.16. The Balaban J connectivity index is 0.00000364. The van der Waals surface area contributed by atoms with Gasteiger partial charge >= 0.3 is 0 Å². The number of nitrogens with zero attached hydrogens (tertiary/aromatic N) is 3. The van der Waals surface area contributed by atoms with E-state index in [1.807, 2.05) is 4.90 Å². The summed E-state index contributed by atoms with van der Waals surface area (Å²) in [6.45, 7) is 3.66. The largest absolute Gasteiger partial charge is 0.355 e. The highest BCUT2D eigenvalue weighted by Crippen LogP contribution is 2.10. The molecule has 11 heteroatoms. The summed E-state index contributed by atoms with van der Waals surface area (Å²) in [5.41, 5.74) is 0. The number of hydrogen-bond acceptors (Lipinski definition) is 5. The van der Waals surface area contributed by atoms with Gasteiger partial charge in [-0.05, 0) is 25.0 Å². The molecule has 0 aromatic carbocycles. The van der Waals surface area contributed by atoms with Gasteiger partial charge in [0.1, 0.15) is 4.90 Å². The second kappa shape index (κ2) is 11.4. The number of carbonyl (C=O) groups is 1. The van der Waals surface area contributed by atoms with E-state index in [-0.39, 0.29) is 47.4 Å². The average molecular weight is 510 g/mol. The van der Waals surface area contributed by atoms with Gasteiger partial charge in [0.15, 0.2) is 5.96 Å². The van der Waals surface area contributed by atoms with Crippen molar-refractivity contribution < 1.29 is 13.2 Å². The Hall–Kier alpha value is -1.47. The standard InChI is InChI=1S/C16H26N6O3S.HI/c1-13(23)22-10-5-14(6-11-22)21-16(17-2)19-8-9-20-26(24,25)15-4-3-7-18-12-15;/h3-4,7,12,14,20H,5-6,8-11H2,1-2H3,(H2,17,19,21);1H. The minimum Gasteiger partial charge on any atom is -0.355 e. The lowest BCUT2D eigenvalue weighted by Crippen LogP contribution is -2.50. The number of nitrogens with one attached hydrogen (secondary N) is 3. The lowest BCUT2D eigenvalue weighted by molar-refractivity contribution is -0.129. The molecule has 1 aromatic heterocycles. The summed E-state index contributed by atoms with van der Waals surface area (Å²) in [6.07, 6.45) is 4.54. The molecular formula is C16H27IN6O3S. The van der Waals surface area contributed by atoms with Crippen LogP contribution in [0.15, 0.2) is 34.4 Å². The van der Waals surface area contributed by atoms with E-state index in [9.17, 15) is 13.2 Å². The molecule has 1 aliphatic heterocycles. The number of piperidine rings is 1. The Morgan fingerprint density at radius 3 is 2.59 bits per heavy atom. The third kappa shape index (κ3) is 7.58. The summed E-state index contributed by atoms with van der Waals surface area (Å²) in [5.74, 6) is 0.721. The number of amides is 1. The van der Waals surface area contributed by atoms with Gasteiger partial charge in [-0.1, -0.05) is 0 Å². The molecule has 0 atom stereocenters. The van der Waals surface area contributed by atoms with Crippen molar-refractivity contribution in [1.82, 2.24) is 25.2 Å². The van der Waals surface area contributed by atoms with E-state index < -0.39 is 10.0 Å². The molecule has 152 valence electrons. The normalized spacial score (nSPS) is 15.8. The van der Waals surface area contributed by atoms with Gasteiger partial charge in [0, 0.05) is 58.6 Å². The molecule has 9 nitrogen and oxygen atoms in total. The van der Waals surface area contributed by atoms with E-state index >= 15 is 0 Å². The molecule has 1 amide bonds. The Kier molecular flexibility index (Phi) is 9.94. The summed E-state index contributed by atoms with van der Waals surface area (Å²) < 4.78 is 26.7. The van der Waals surface area contributed by atoms with Crippen LogP contribution in [0.2, 0.25) is 0 Å². The quantitative estimate of drug-likeness (QED) is 0.217. The molecule has 0 saturated carbocycles. The molecular weight excluding hydrogens is 483 g/mol. The maximum atomic E-state index is 12.1. The molecule has 27 heavy (non-hydrogen) atoms. The molecule has 2 heterocycles. The summed E-state index contributed by atoms with van der Waals surface area (Å²) >= 11 is 0. The highest BCUT2D eigenvalue weighted by atomic mass is 127. The lowest BCUT2D eigenvalue weighted by atomic mass is 10.1. The fourth-order valence-electron chi connectivity index (χ4n) is 2.68. The summed E-state index contributed by atoms with van der Waals surface area (Å²) in [6, 6.07) is 3.32. The first-order valence-corrected chi connectivity index (χ1v) is 10.0. The zero-order valence-corrected chi connectivity index (χ0v) is 18.7. The maximum absolute atomic E-state index is 12.1. The van der Waals surface area contributed by atoms with Crippen LogP contribution < -0.4 is 15.4 Å². The minimum atomic E-state index is -3.56. The van der Waals surface area contributed by atoms with E-state index in [1.165, 1.54) is 18.5 Å². The van der Waals surface area contributed by atoms with Crippen LogP contribution in [0, 0.1) is 0 Å². The van der Waals surface area contributed by atoms with Crippen molar-refractivity contribution in [2.75, 3.05) is 33.2 Å². The summed E-state index contributed by atoms with van der Waals surface area (Å²) in [5, 5.41) is 6.40. The van der Waals surface area contributed by atoms with Crippen LogP contribution in [-0.4, -0.2) is 69.4 Å². The number of hydrogen-bond donors (Lipinski definition) is 3. The van der Waals surface area contributed by atoms with Gasteiger partial charge in [-0.15, -0.1) is 24.0 Å². The molecule has 3 N–H and O–H groups in total. The van der Waals surface area contributed by atoms with Gasteiger partial charge in [-0.25, -0.2) is 13.1 Å². The summed E-state index contributed by atoms with van der Waals surface area (Å²) in [4.78, 5) is 21.3. The number of guanidine groups is 1. The fraction of sp³-hybridized carbons (Fsp3) is 0.562. The van der Waals surface area contributed by atoms with Gasteiger partial charge in [0.05, 0.1) is 0 Å². The molecule has 2 rings (SSSR count). The van der Waals surface area contributed by atoms with Gasteiger partial charge in [-0.3, -0.25) is 14.8 Å². The van der Waals surface area contributed by atoms with Crippen LogP contribution in [0.5, 0.6) is 0 Å². The predicted octanol–water partition coefficient (Wildman–Crippen LogP) is 0.154. The van der Waals surface area contributed by atoms with E-state index in [1.54, 1.807) is 20.0 Å². The van der Waals surface area contributed by atoms with Crippen molar-refractivity contribution in [2.24, 2.45) is 4.99 Å². The van der Waals surface area contributed by atoms with Crippen molar-refractivity contribution in [3.63, 3.8) is 0 Å². The minimum absolute atomic E-state index is 0. The number of aliphatic imine (C=N–C) groups is 1. The molecule has 0 radical (unpaired) electrons. The number of rotatable bonds is 6. The van der Waals surface area contributed by atoms with Crippen molar-refractivity contribution in [3.05, 3.63) is 24.5 Å². The Labute approximate surface area is 177 Å². The first-order valence-electron chi connectivity index (χ1n) is 8.55. The molecule has 0 unspecified atom stereocenters. The van der Waals surface area contributed by atoms with Crippen LogP contribution in [0.1, 0.15) is 19.8 Å². The topological polar surface area (TPSA) is 116 Å². The van der Waals surface area contributed by atoms with E-state index in [4.69, 9.17) is 0 Å². The van der Waals surface area contributed by atoms with Crippen molar-refractivity contribution in [2.45, 2.75) is 30.7 Å². The van der Waals surface area contributed by atoms with Crippen LogP contribution >= 0.6 is 24.0 Å². The van der Waals surface area contributed by atoms with E-state index in [0.717, 1.165) is 25.9 Å². The van der Waals surface area contributed by atoms with Crippen LogP contribution in [-0.2, 0) is 14.8 Å². The first-order chi connectivity index (χ1) is 12.4. The monoisotopic (exact) mass is 510 g/mol. The number of likely N-dealkylation sites (tertiary alicyclic amines) is 1. The second-order valence-electron chi connectivity index (χ2n) is 6.01. The molecule has 0 spiro atoms. The highest BCUT2D eigenvalue weighted by Gasteiger charge is 2.21. The van der Waals surface area contributed by atoms with Crippen LogP contribution in [0.4, 0.5) is 0 Å². The zero-order valence-electron chi connectivity index (χ0n) is 15.5. The Bertz CT molecular complexity index is 721. The summed E-state index contributed by atoms with van der Waals surface area (Å²) in [7, 11) is -1.89. The second-order valence-corrected chi connectivity index (χ2v) is 7.78. The van der Waals surface area contributed by atoms with Crippen molar-refractivity contribution in [1.29, 1.82) is 0 Å². The molecule has 0 bridgehead atoms. The SMILES string of the molecule is CN=C(NCCNS(=O)(=O)c1cccnc1)NC1CCN(C(C)=O)CC1.I. The molecule has 1 aliphatic rings. The van der Waals surface area contributed by atoms with Gasteiger partial charge in [-0.2, -0.15) is 0 Å². The molecule has 1 saturated heterocycles. The average Bonchev–Trinajstić information content (AvgIpc) is 2.65. The smallest absolute Gasteiger partial charge is 0.242 e. The van der Waals surface area contributed by atoms with Crippen molar-refractivity contribution >= 4 is 45.9 Å². The fourth-order valence-corrected chi connectivity index (χ4v) is 3.68. The first kappa shape index (κ1) is 23.6. The third-order valence-corrected chi connectivity index (χ3v) is 5.61. The lowest BCUT2D eigenvalue weighted by Gasteiger charge is -2.32.